The molecule has 1 aromatic heterocycles. The Morgan fingerprint density at radius 3 is 2.50 bits per heavy atom. The van der Waals surface area contributed by atoms with E-state index in [4.69, 9.17) is 11.6 Å². The third-order valence-corrected chi connectivity index (χ3v) is 3.56. The summed E-state index contributed by atoms with van der Waals surface area (Å²) in [5.74, 6) is -0.347. The maximum atomic E-state index is 13.8. The lowest BCUT2D eigenvalue weighted by molar-refractivity contribution is 0.627. The van der Waals surface area contributed by atoms with E-state index in [2.05, 4.69) is 10.3 Å². The van der Waals surface area contributed by atoms with Crippen LogP contribution >= 0.6 is 11.6 Å². The minimum atomic E-state index is -0.347. The quantitative estimate of drug-likeness (QED) is 0.863. The van der Waals surface area contributed by atoms with Gasteiger partial charge in [-0.1, -0.05) is 11.6 Å². The smallest absolute Gasteiger partial charge is 0.147 e. The van der Waals surface area contributed by atoms with Crippen molar-refractivity contribution >= 4 is 17.3 Å². The summed E-state index contributed by atoms with van der Waals surface area (Å²) in [4.78, 5) is 4.48. The van der Waals surface area contributed by atoms with Crippen LogP contribution in [-0.2, 0) is 0 Å². The molecule has 1 unspecified atom stereocenters. The van der Waals surface area contributed by atoms with E-state index in [0.717, 1.165) is 22.5 Å². The molecule has 2 rings (SSSR count). The first-order valence-electron chi connectivity index (χ1n) is 6.55. The number of pyridine rings is 1. The van der Waals surface area contributed by atoms with Crippen molar-refractivity contribution in [1.29, 1.82) is 0 Å². The Kier molecular flexibility index (Phi) is 4.29. The molecule has 0 amide bonds. The lowest BCUT2D eigenvalue weighted by Crippen LogP contribution is -2.12. The second-order valence-electron chi connectivity index (χ2n) is 5.07. The average Bonchev–Trinajstić information content (AvgIpc) is 2.31. The van der Waals surface area contributed by atoms with Gasteiger partial charge in [0.15, 0.2) is 0 Å². The van der Waals surface area contributed by atoms with Crippen LogP contribution < -0.4 is 5.32 Å². The zero-order valence-corrected chi connectivity index (χ0v) is 12.8. The number of halogens is 2. The van der Waals surface area contributed by atoms with Crippen molar-refractivity contribution in [3.8, 4) is 0 Å². The minimum Gasteiger partial charge on any atom is -0.376 e. The van der Waals surface area contributed by atoms with Gasteiger partial charge in [-0.05, 0) is 63.1 Å². The van der Waals surface area contributed by atoms with E-state index in [-0.39, 0.29) is 11.9 Å². The van der Waals surface area contributed by atoms with Crippen LogP contribution in [0.3, 0.4) is 0 Å². The number of benzene rings is 1. The Morgan fingerprint density at radius 2 is 1.90 bits per heavy atom. The number of rotatable bonds is 3. The second kappa shape index (κ2) is 5.80. The first-order chi connectivity index (χ1) is 9.38. The van der Waals surface area contributed by atoms with E-state index in [9.17, 15) is 4.39 Å². The van der Waals surface area contributed by atoms with Crippen molar-refractivity contribution in [2.24, 2.45) is 0 Å². The van der Waals surface area contributed by atoms with E-state index >= 15 is 0 Å². The maximum absolute atomic E-state index is 13.8. The molecule has 0 aliphatic carbocycles. The molecule has 0 aliphatic heterocycles. The monoisotopic (exact) mass is 292 g/mol. The molecule has 1 heterocycles. The first-order valence-corrected chi connectivity index (χ1v) is 6.92. The SMILES string of the molecule is Cc1cc(C)c(C(C)Nc2ccc(Cl)cc2F)c(C)n1. The summed E-state index contributed by atoms with van der Waals surface area (Å²) in [6.07, 6.45) is 0. The Hall–Kier alpha value is -1.61. The summed E-state index contributed by atoms with van der Waals surface area (Å²) in [7, 11) is 0. The number of hydrogen-bond donors (Lipinski definition) is 1. The van der Waals surface area contributed by atoms with E-state index in [1.165, 1.54) is 6.07 Å². The molecule has 0 saturated heterocycles. The lowest BCUT2D eigenvalue weighted by atomic mass is 10.00. The predicted molar refractivity (Wildman–Crippen MR) is 81.9 cm³/mol. The van der Waals surface area contributed by atoms with Gasteiger partial charge in [0.05, 0.1) is 11.7 Å². The Morgan fingerprint density at radius 1 is 1.20 bits per heavy atom. The molecule has 1 atom stereocenters. The molecule has 106 valence electrons. The normalized spacial score (nSPS) is 12.3. The zero-order valence-electron chi connectivity index (χ0n) is 12.1. The number of hydrogen-bond acceptors (Lipinski definition) is 2. The molecule has 0 radical (unpaired) electrons. The molecule has 2 aromatic rings. The Balaban J connectivity index is 2.31. The second-order valence-corrected chi connectivity index (χ2v) is 5.51. The summed E-state index contributed by atoms with van der Waals surface area (Å²) < 4.78 is 13.8. The fraction of sp³-hybridized carbons (Fsp3) is 0.312. The molecule has 20 heavy (non-hydrogen) atoms. The van der Waals surface area contributed by atoms with Crippen molar-refractivity contribution in [1.82, 2.24) is 4.98 Å². The first kappa shape index (κ1) is 14.8. The Bertz CT molecular complexity index is 617. The largest absolute Gasteiger partial charge is 0.376 e. The topological polar surface area (TPSA) is 24.9 Å². The Labute approximate surface area is 124 Å². The summed E-state index contributed by atoms with van der Waals surface area (Å²) in [5.41, 5.74) is 4.67. The predicted octanol–water partition coefficient (Wildman–Crippen LogP) is 4.97. The van der Waals surface area contributed by atoms with Gasteiger partial charge in [-0.3, -0.25) is 4.98 Å². The molecular weight excluding hydrogens is 275 g/mol. The van der Waals surface area contributed by atoms with Gasteiger partial charge in [-0.15, -0.1) is 0 Å². The van der Waals surface area contributed by atoms with Gasteiger partial charge in [0.2, 0.25) is 0 Å². The van der Waals surface area contributed by atoms with Crippen LogP contribution in [-0.4, -0.2) is 4.98 Å². The van der Waals surface area contributed by atoms with Crippen LogP contribution in [0.5, 0.6) is 0 Å². The third-order valence-electron chi connectivity index (χ3n) is 3.32. The third kappa shape index (κ3) is 3.10. The summed E-state index contributed by atoms with van der Waals surface area (Å²) in [5, 5.41) is 3.57. The van der Waals surface area contributed by atoms with Crippen LogP contribution in [0.1, 0.15) is 35.5 Å². The fourth-order valence-electron chi connectivity index (χ4n) is 2.60. The molecule has 0 fully saturated rings. The zero-order chi connectivity index (χ0) is 14.9. The molecule has 4 heteroatoms. The molecule has 0 aliphatic rings. The standard InChI is InChI=1S/C16H18ClFN2/c1-9-7-10(2)19-11(3)16(9)12(4)20-15-6-5-13(17)8-14(15)18/h5-8,12,20H,1-4H3. The number of nitrogens with one attached hydrogen (secondary N) is 1. The van der Waals surface area contributed by atoms with E-state index < -0.39 is 0 Å². The molecule has 1 aromatic carbocycles. The number of nitrogens with zero attached hydrogens (tertiary/aromatic N) is 1. The molecule has 0 bridgehead atoms. The summed E-state index contributed by atoms with van der Waals surface area (Å²) >= 11 is 5.76. The average molecular weight is 293 g/mol. The molecule has 1 N–H and O–H groups in total. The van der Waals surface area contributed by atoms with Crippen LogP contribution in [0.2, 0.25) is 5.02 Å². The molecule has 2 nitrogen and oxygen atoms in total. The van der Waals surface area contributed by atoms with Crippen LogP contribution in [0.25, 0.3) is 0 Å². The highest BCUT2D eigenvalue weighted by Crippen LogP contribution is 2.27. The van der Waals surface area contributed by atoms with Gasteiger partial charge < -0.3 is 5.32 Å². The van der Waals surface area contributed by atoms with Crippen molar-refractivity contribution in [3.05, 3.63) is 57.6 Å². The number of aryl methyl sites for hydroxylation is 3. The fourth-order valence-corrected chi connectivity index (χ4v) is 2.76. The summed E-state index contributed by atoms with van der Waals surface area (Å²) in [6.45, 7) is 8.00. The number of aromatic nitrogens is 1. The van der Waals surface area contributed by atoms with Gasteiger partial charge in [0.1, 0.15) is 5.82 Å². The highest BCUT2D eigenvalue weighted by Gasteiger charge is 2.14. The molecular formula is C16H18ClFN2. The van der Waals surface area contributed by atoms with Crippen molar-refractivity contribution < 1.29 is 4.39 Å². The van der Waals surface area contributed by atoms with Crippen molar-refractivity contribution in [2.75, 3.05) is 5.32 Å². The van der Waals surface area contributed by atoms with Crippen molar-refractivity contribution in [2.45, 2.75) is 33.7 Å². The maximum Gasteiger partial charge on any atom is 0.147 e. The molecule has 0 saturated carbocycles. The highest BCUT2D eigenvalue weighted by atomic mass is 35.5. The van der Waals surface area contributed by atoms with E-state index in [1.807, 2.05) is 33.8 Å². The van der Waals surface area contributed by atoms with Gasteiger partial charge in [0, 0.05) is 16.4 Å². The summed E-state index contributed by atoms with van der Waals surface area (Å²) in [6, 6.07) is 6.65. The van der Waals surface area contributed by atoms with Gasteiger partial charge in [0.25, 0.3) is 0 Å². The van der Waals surface area contributed by atoms with Crippen LogP contribution in [0.15, 0.2) is 24.3 Å². The number of anilines is 1. The highest BCUT2D eigenvalue weighted by molar-refractivity contribution is 6.30. The molecule has 0 spiro atoms. The van der Waals surface area contributed by atoms with Gasteiger partial charge >= 0.3 is 0 Å². The van der Waals surface area contributed by atoms with Crippen LogP contribution in [0, 0.1) is 26.6 Å². The lowest BCUT2D eigenvalue weighted by Gasteiger charge is -2.20. The van der Waals surface area contributed by atoms with E-state index in [0.29, 0.717) is 10.7 Å². The van der Waals surface area contributed by atoms with Crippen LogP contribution in [0.4, 0.5) is 10.1 Å². The van der Waals surface area contributed by atoms with Gasteiger partial charge in [-0.25, -0.2) is 4.39 Å². The minimum absolute atomic E-state index is 0.0289. The van der Waals surface area contributed by atoms with Crippen molar-refractivity contribution in [3.63, 3.8) is 0 Å². The van der Waals surface area contributed by atoms with E-state index in [1.54, 1.807) is 12.1 Å². The van der Waals surface area contributed by atoms with Gasteiger partial charge in [-0.2, -0.15) is 0 Å².